The number of piperidine rings is 3. The predicted molar refractivity (Wildman–Crippen MR) is 109 cm³/mol. The Morgan fingerprint density at radius 1 is 1.13 bits per heavy atom. The summed E-state index contributed by atoms with van der Waals surface area (Å²) in [7, 11) is 1.51. The van der Waals surface area contributed by atoms with E-state index in [2.05, 4.69) is 5.32 Å². The number of ether oxygens (including phenoxy) is 1. The van der Waals surface area contributed by atoms with Gasteiger partial charge in [0.15, 0.2) is 0 Å². The van der Waals surface area contributed by atoms with Crippen LogP contribution in [0.4, 0.5) is 10.1 Å². The molecular weight excluding hydrogens is 389 g/mol. The second-order valence-electron chi connectivity index (χ2n) is 8.68. The maximum absolute atomic E-state index is 15.1. The maximum Gasteiger partial charge on any atom is 0.234 e. The molecule has 162 valence electrons. The molecule has 0 saturated carbocycles. The molecule has 1 unspecified atom stereocenters. The fraction of sp³-hybridized carbons (Fsp3) is 0.591. The summed E-state index contributed by atoms with van der Waals surface area (Å²) in [4.78, 5) is 38.5. The van der Waals surface area contributed by atoms with Crippen LogP contribution in [0, 0.1) is 11.2 Å². The van der Waals surface area contributed by atoms with Crippen molar-refractivity contribution in [3.8, 4) is 5.75 Å². The Balaban J connectivity index is 1.50. The normalized spacial score (nSPS) is 24.0. The first kappa shape index (κ1) is 20.6. The fourth-order valence-electron chi connectivity index (χ4n) is 5.07. The Morgan fingerprint density at radius 3 is 2.40 bits per heavy atom. The number of amides is 3. The lowest BCUT2D eigenvalue weighted by atomic mass is 9.71. The van der Waals surface area contributed by atoms with Crippen LogP contribution in [0.2, 0.25) is 0 Å². The molecule has 0 aromatic heterocycles. The molecule has 3 heterocycles. The minimum Gasteiger partial charge on any atom is -0.496 e. The number of carbonyl (C=O) groups excluding carboxylic acids is 3. The lowest BCUT2D eigenvalue weighted by Gasteiger charge is -2.46. The SMILES string of the molecule is COc1cc(N2CCC3(CCN(C=O)CC3)CC2)c(F)cc1C1CCC(=O)NC1=O. The van der Waals surface area contributed by atoms with Crippen LogP contribution < -0.4 is 15.0 Å². The van der Waals surface area contributed by atoms with Crippen molar-refractivity contribution in [1.82, 2.24) is 10.2 Å². The Labute approximate surface area is 175 Å². The molecule has 3 aliphatic heterocycles. The molecule has 3 saturated heterocycles. The molecule has 1 atom stereocenters. The van der Waals surface area contributed by atoms with Crippen LogP contribution in [0.15, 0.2) is 12.1 Å². The predicted octanol–water partition coefficient (Wildman–Crippen LogP) is 2.19. The minimum absolute atomic E-state index is 0.235. The zero-order valence-electron chi connectivity index (χ0n) is 17.3. The van der Waals surface area contributed by atoms with Crippen LogP contribution in [0.5, 0.6) is 5.75 Å². The number of halogens is 1. The molecular formula is C22H28FN3O4. The average Bonchev–Trinajstić information content (AvgIpc) is 2.75. The maximum atomic E-state index is 15.1. The second kappa shape index (κ2) is 8.24. The standard InChI is InChI=1S/C22H28FN3O4/c1-30-19-13-18(17(23)12-16(19)15-2-3-20(28)24-21(15)29)26-10-6-22(7-11-26)4-8-25(14-27)9-5-22/h12-15H,2-11H2,1H3,(H,24,28,29). The Morgan fingerprint density at radius 2 is 1.80 bits per heavy atom. The van der Waals surface area contributed by atoms with Gasteiger partial charge in [-0.1, -0.05) is 0 Å². The van der Waals surface area contributed by atoms with Crippen molar-refractivity contribution < 1.29 is 23.5 Å². The van der Waals surface area contributed by atoms with Crippen molar-refractivity contribution in [1.29, 1.82) is 0 Å². The molecule has 1 aromatic carbocycles. The largest absolute Gasteiger partial charge is 0.496 e. The van der Waals surface area contributed by atoms with Gasteiger partial charge in [-0.3, -0.25) is 19.7 Å². The summed E-state index contributed by atoms with van der Waals surface area (Å²) >= 11 is 0. The van der Waals surface area contributed by atoms with Gasteiger partial charge in [0.25, 0.3) is 0 Å². The van der Waals surface area contributed by atoms with Gasteiger partial charge in [0.05, 0.1) is 18.7 Å². The highest BCUT2D eigenvalue weighted by atomic mass is 19.1. The number of nitrogens with zero attached hydrogens (tertiary/aromatic N) is 2. The molecule has 4 rings (SSSR count). The van der Waals surface area contributed by atoms with Crippen LogP contribution in [0.1, 0.15) is 50.0 Å². The van der Waals surface area contributed by atoms with Crippen molar-refractivity contribution in [2.45, 2.75) is 44.4 Å². The Bertz CT molecular complexity index is 841. The van der Waals surface area contributed by atoms with Crippen LogP contribution in [-0.4, -0.2) is 56.4 Å². The van der Waals surface area contributed by atoms with Crippen LogP contribution in [0.3, 0.4) is 0 Å². The van der Waals surface area contributed by atoms with Crippen molar-refractivity contribution >= 4 is 23.9 Å². The highest BCUT2D eigenvalue weighted by molar-refractivity contribution is 6.01. The Hall–Kier alpha value is -2.64. The van der Waals surface area contributed by atoms with Crippen molar-refractivity contribution in [3.63, 3.8) is 0 Å². The van der Waals surface area contributed by atoms with Gasteiger partial charge >= 0.3 is 0 Å². The molecule has 8 heteroatoms. The monoisotopic (exact) mass is 417 g/mol. The highest BCUT2D eigenvalue weighted by Crippen LogP contribution is 2.43. The van der Waals surface area contributed by atoms with E-state index in [9.17, 15) is 14.4 Å². The summed E-state index contributed by atoms with van der Waals surface area (Å²) in [6, 6.07) is 3.07. The third kappa shape index (κ3) is 3.87. The van der Waals surface area contributed by atoms with Crippen LogP contribution in [0.25, 0.3) is 0 Å². The smallest absolute Gasteiger partial charge is 0.234 e. The first-order valence-corrected chi connectivity index (χ1v) is 10.6. The van der Waals surface area contributed by atoms with Crippen LogP contribution >= 0.6 is 0 Å². The number of anilines is 1. The molecule has 3 aliphatic rings. The number of nitrogens with one attached hydrogen (secondary N) is 1. The Kier molecular flexibility index (Phi) is 5.66. The molecule has 0 bridgehead atoms. The quantitative estimate of drug-likeness (QED) is 0.600. The third-order valence-corrected chi connectivity index (χ3v) is 7.09. The number of methoxy groups -OCH3 is 1. The summed E-state index contributed by atoms with van der Waals surface area (Å²) < 4.78 is 20.6. The van der Waals surface area contributed by atoms with Crippen molar-refractivity contribution in [3.05, 3.63) is 23.5 Å². The number of rotatable bonds is 4. The van der Waals surface area contributed by atoms with Crippen molar-refractivity contribution in [2.24, 2.45) is 5.41 Å². The number of hydrogen-bond donors (Lipinski definition) is 1. The summed E-state index contributed by atoms with van der Waals surface area (Å²) in [5.41, 5.74) is 1.21. The molecule has 3 amide bonds. The van der Waals surface area contributed by atoms with Gasteiger partial charge in [-0.15, -0.1) is 0 Å². The summed E-state index contributed by atoms with van der Waals surface area (Å²) in [6.07, 6.45) is 5.45. The van der Waals surface area contributed by atoms with E-state index in [0.29, 0.717) is 23.4 Å². The summed E-state index contributed by atoms with van der Waals surface area (Å²) in [5, 5.41) is 2.33. The minimum atomic E-state index is -0.589. The summed E-state index contributed by atoms with van der Waals surface area (Å²) in [5.74, 6) is -1.19. The number of carbonyl (C=O) groups is 3. The molecule has 1 spiro atoms. The van der Waals surface area contributed by atoms with Gasteiger partial charge in [0.2, 0.25) is 18.2 Å². The van der Waals surface area contributed by atoms with E-state index in [-0.39, 0.29) is 23.6 Å². The number of likely N-dealkylation sites (tertiary alicyclic amines) is 1. The van der Waals surface area contributed by atoms with E-state index in [1.54, 1.807) is 6.07 Å². The molecule has 0 aliphatic carbocycles. The molecule has 1 N–H and O–H groups in total. The van der Waals surface area contributed by atoms with Crippen LogP contribution in [-0.2, 0) is 14.4 Å². The van der Waals surface area contributed by atoms with Gasteiger partial charge in [-0.25, -0.2) is 4.39 Å². The number of imide groups is 1. The first-order chi connectivity index (χ1) is 14.4. The van der Waals surface area contributed by atoms with Gasteiger partial charge in [-0.05, 0) is 43.6 Å². The molecule has 3 fully saturated rings. The van der Waals surface area contributed by atoms with Gasteiger partial charge in [0, 0.05) is 44.2 Å². The van der Waals surface area contributed by atoms with E-state index < -0.39 is 11.8 Å². The first-order valence-electron chi connectivity index (χ1n) is 10.6. The third-order valence-electron chi connectivity index (χ3n) is 7.09. The number of benzene rings is 1. The molecule has 7 nitrogen and oxygen atoms in total. The molecule has 1 aromatic rings. The lowest BCUT2D eigenvalue weighted by molar-refractivity contribution is -0.134. The highest BCUT2D eigenvalue weighted by Gasteiger charge is 2.38. The summed E-state index contributed by atoms with van der Waals surface area (Å²) in [6.45, 7) is 3.09. The number of hydrogen-bond acceptors (Lipinski definition) is 5. The lowest BCUT2D eigenvalue weighted by Crippen LogP contribution is -2.46. The van der Waals surface area contributed by atoms with E-state index in [1.807, 2.05) is 9.80 Å². The fourth-order valence-corrected chi connectivity index (χ4v) is 5.07. The van der Waals surface area contributed by atoms with E-state index in [4.69, 9.17) is 4.74 Å². The topological polar surface area (TPSA) is 79.0 Å². The van der Waals surface area contributed by atoms with Gasteiger partial charge in [-0.2, -0.15) is 0 Å². The zero-order chi connectivity index (χ0) is 21.3. The van der Waals surface area contributed by atoms with Gasteiger partial charge < -0.3 is 14.5 Å². The van der Waals surface area contributed by atoms with Gasteiger partial charge in [0.1, 0.15) is 11.6 Å². The zero-order valence-corrected chi connectivity index (χ0v) is 17.3. The second-order valence-corrected chi connectivity index (χ2v) is 8.68. The molecule has 0 radical (unpaired) electrons. The van der Waals surface area contributed by atoms with E-state index >= 15 is 4.39 Å². The average molecular weight is 417 g/mol. The van der Waals surface area contributed by atoms with E-state index in [0.717, 1.165) is 58.3 Å². The van der Waals surface area contributed by atoms with Crippen molar-refractivity contribution in [2.75, 3.05) is 38.2 Å². The molecule has 30 heavy (non-hydrogen) atoms. The van der Waals surface area contributed by atoms with E-state index in [1.165, 1.54) is 13.2 Å².